The Hall–Kier alpha value is -0.610. The minimum absolute atomic E-state index is 0.426. The molecule has 12 heavy (non-hydrogen) atoms. The van der Waals surface area contributed by atoms with Gasteiger partial charge in [-0.25, -0.2) is 0 Å². The summed E-state index contributed by atoms with van der Waals surface area (Å²) in [6, 6.07) is -0.531. The van der Waals surface area contributed by atoms with Crippen LogP contribution in [0.15, 0.2) is 0 Å². The number of rotatable bonds is 6. The minimum atomic E-state index is -0.531. The highest BCUT2D eigenvalue weighted by atomic mass is 16.1. The third kappa shape index (κ3) is 4.31. The summed E-state index contributed by atoms with van der Waals surface area (Å²) < 4.78 is 0. The van der Waals surface area contributed by atoms with Crippen molar-refractivity contribution in [2.45, 2.75) is 26.3 Å². The van der Waals surface area contributed by atoms with Crippen LogP contribution in [-0.2, 0) is 4.79 Å². The maximum absolute atomic E-state index is 10.6. The SMILES string of the molecule is CCCN(CC)CC(N)C(N)=O. The van der Waals surface area contributed by atoms with E-state index in [0.717, 1.165) is 19.5 Å². The quantitative estimate of drug-likeness (QED) is 0.570. The van der Waals surface area contributed by atoms with Crippen molar-refractivity contribution in [3.63, 3.8) is 0 Å². The van der Waals surface area contributed by atoms with Crippen molar-refractivity contribution >= 4 is 5.91 Å². The zero-order valence-electron chi connectivity index (χ0n) is 7.92. The van der Waals surface area contributed by atoms with E-state index in [9.17, 15) is 4.79 Å². The standard InChI is InChI=1S/C8H19N3O/c1-3-5-11(4-2)6-7(9)8(10)12/h7H,3-6,9H2,1-2H3,(H2,10,12). The van der Waals surface area contributed by atoms with Crippen molar-refractivity contribution in [1.29, 1.82) is 0 Å². The van der Waals surface area contributed by atoms with Crippen LogP contribution in [0.5, 0.6) is 0 Å². The molecule has 0 aliphatic carbocycles. The molecule has 1 atom stereocenters. The van der Waals surface area contributed by atoms with Crippen LogP contribution in [0.25, 0.3) is 0 Å². The van der Waals surface area contributed by atoms with Gasteiger partial charge < -0.3 is 16.4 Å². The molecule has 0 aliphatic rings. The first-order chi connectivity index (χ1) is 5.61. The van der Waals surface area contributed by atoms with Gasteiger partial charge in [-0.15, -0.1) is 0 Å². The molecule has 0 aliphatic heterocycles. The molecule has 0 saturated heterocycles. The van der Waals surface area contributed by atoms with Gasteiger partial charge >= 0.3 is 0 Å². The van der Waals surface area contributed by atoms with Gasteiger partial charge in [-0.05, 0) is 19.5 Å². The van der Waals surface area contributed by atoms with Crippen molar-refractivity contribution in [3.8, 4) is 0 Å². The second-order valence-electron chi connectivity index (χ2n) is 2.90. The first-order valence-corrected chi connectivity index (χ1v) is 4.39. The van der Waals surface area contributed by atoms with Crippen molar-refractivity contribution in [3.05, 3.63) is 0 Å². The molecule has 0 radical (unpaired) electrons. The molecular weight excluding hydrogens is 154 g/mol. The summed E-state index contributed by atoms with van der Waals surface area (Å²) in [6.45, 7) is 6.59. The number of amides is 1. The lowest BCUT2D eigenvalue weighted by Gasteiger charge is -2.21. The average molecular weight is 173 g/mol. The maximum atomic E-state index is 10.6. The van der Waals surface area contributed by atoms with E-state index in [2.05, 4.69) is 11.8 Å². The molecule has 0 saturated carbocycles. The maximum Gasteiger partial charge on any atom is 0.235 e. The van der Waals surface area contributed by atoms with Crippen LogP contribution in [0.4, 0.5) is 0 Å². The fourth-order valence-corrected chi connectivity index (χ4v) is 1.06. The number of nitrogens with zero attached hydrogens (tertiary/aromatic N) is 1. The number of hydrogen-bond donors (Lipinski definition) is 2. The van der Waals surface area contributed by atoms with Gasteiger partial charge in [-0.3, -0.25) is 4.79 Å². The molecule has 1 unspecified atom stereocenters. The van der Waals surface area contributed by atoms with Crippen LogP contribution in [-0.4, -0.2) is 36.5 Å². The fraction of sp³-hybridized carbons (Fsp3) is 0.875. The summed E-state index contributed by atoms with van der Waals surface area (Å²) in [5.41, 5.74) is 10.6. The monoisotopic (exact) mass is 173 g/mol. The van der Waals surface area contributed by atoms with Gasteiger partial charge in [-0.1, -0.05) is 13.8 Å². The average Bonchev–Trinajstić information content (AvgIpc) is 2.03. The lowest BCUT2D eigenvalue weighted by atomic mass is 10.2. The van der Waals surface area contributed by atoms with Gasteiger partial charge in [0.1, 0.15) is 0 Å². The lowest BCUT2D eigenvalue weighted by molar-refractivity contribution is -0.119. The van der Waals surface area contributed by atoms with Gasteiger partial charge in [0.15, 0.2) is 0 Å². The molecule has 4 N–H and O–H groups in total. The number of nitrogens with two attached hydrogens (primary N) is 2. The number of carbonyl (C=O) groups excluding carboxylic acids is 1. The second kappa shape index (κ2) is 5.97. The molecule has 0 aromatic heterocycles. The van der Waals surface area contributed by atoms with Crippen molar-refractivity contribution in [2.75, 3.05) is 19.6 Å². The van der Waals surface area contributed by atoms with E-state index < -0.39 is 11.9 Å². The third-order valence-corrected chi connectivity index (χ3v) is 1.81. The molecule has 0 heterocycles. The molecule has 1 amide bonds. The summed E-state index contributed by atoms with van der Waals surface area (Å²) in [5, 5.41) is 0. The number of primary amides is 1. The predicted octanol–water partition coefficient (Wildman–Crippen LogP) is -0.469. The first kappa shape index (κ1) is 11.4. The van der Waals surface area contributed by atoms with Gasteiger partial charge in [0.25, 0.3) is 0 Å². The largest absolute Gasteiger partial charge is 0.368 e. The molecule has 0 bridgehead atoms. The molecule has 72 valence electrons. The van der Waals surface area contributed by atoms with E-state index in [1.165, 1.54) is 0 Å². The minimum Gasteiger partial charge on any atom is -0.368 e. The molecule has 0 rings (SSSR count). The van der Waals surface area contributed by atoms with Crippen molar-refractivity contribution < 1.29 is 4.79 Å². The Labute approximate surface area is 73.9 Å². The van der Waals surface area contributed by atoms with Crippen LogP contribution in [0.1, 0.15) is 20.3 Å². The van der Waals surface area contributed by atoms with Crippen molar-refractivity contribution in [2.24, 2.45) is 11.5 Å². The van der Waals surface area contributed by atoms with E-state index >= 15 is 0 Å². The molecule has 0 aromatic rings. The zero-order chi connectivity index (χ0) is 9.56. The number of carbonyl (C=O) groups is 1. The molecule has 0 fully saturated rings. The Balaban J connectivity index is 3.76. The molecule has 0 spiro atoms. The third-order valence-electron chi connectivity index (χ3n) is 1.81. The molecular formula is C8H19N3O. The Bertz CT molecular complexity index is 138. The molecule has 4 heteroatoms. The summed E-state index contributed by atoms with van der Waals surface area (Å²) in [6.07, 6.45) is 1.07. The molecule has 4 nitrogen and oxygen atoms in total. The molecule has 0 aromatic carbocycles. The summed E-state index contributed by atoms with van der Waals surface area (Å²) in [4.78, 5) is 12.7. The number of hydrogen-bond acceptors (Lipinski definition) is 3. The predicted molar refractivity (Wildman–Crippen MR) is 49.6 cm³/mol. The van der Waals surface area contributed by atoms with Gasteiger partial charge in [0.05, 0.1) is 6.04 Å². The Morgan fingerprint density at radius 3 is 2.42 bits per heavy atom. The van der Waals surface area contributed by atoms with E-state index in [4.69, 9.17) is 11.5 Å². The Kier molecular flexibility index (Phi) is 5.66. The highest BCUT2D eigenvalue weighted by molar-refractivity contribution is 5.79. The topological polar surface area (TPSA) is 72.3 Å². The van der Waals surface area contributed by atoms with Gasteiger partial charge in [-0.2, -0.15) is 0 Å². The zero-order valence-corrected chi connectivity index (χ0v) is 7.92. The van der Waals surface area contributed by atoms with Crippen LogP contribution < -0.4 is 11.5 Å². The Morgan fingerprint density at radius 2 is 2.08 bits per heavy atom. The van der Waals surface area contributed by atoms with E-state index in [-0.39, 0.29) is 0 Å². The van der Waals surface area contributed by atoms with Crippen LogP contribution in [0, 0.1) is 0 Å². The van der Waals surface area contributed by atoms with E-state index in [1.54, 1.807) is 0 Å². The van der Waals surface area contributed by atoms with E-state index in [0.29, 0.717) is 6.54 Å². The smallest absolute Gasteiger partial charge is 0.235 e. The van der Waals surface area contributed by atoms with Crippen LogP contribution in [0.3, 0.4) is 0 Å². The van der Waals surface area contributed by atoms with Gasteiger partial charge in [0, 0.05) is 6.54 Å². The van der Waals surface area contributed by atoms with Crippen LogP contribution >= 0.6 is 0 Å². The highest BCUT2D eigenvalue weighted by Crippen LogP contribution is 1.92. The highest BCUT2D eigenvalue weighted by Gasteiger charge is 2.12. The summed E-state index contributed by atoms with van der Waals surface area (Å²) in [7, 11) is 0. The van der Waals surface area contributed by atoms with E-state index in [1.807, 2.05) is 6.92 Å². The summed E-state index contributed by atoms with van der Waals surface area (Å²) in [5.74, 6) is -0.426. The Morgan fingerprint density at radius 1 is 1.50 bits per heavy atom. The van der Waals surface area contributed by atoms with Crippen molar-refractivity contribution in [1.82, 2.24) is 4.90 Å². The first-order valence-electron chi connectivity index (χ1n) is 4.39. The normalized spacial score (nSPS) is 13.3. The summed E-state index contributed by atoms with van der Waals surface area (Å²) >= 11 is 0. The lowest BCUT2D eigenvalue weighted by Crippen LogP contribution is -2.46. The second-order valence-corrected chi connectivity index (χ2v) is 2.90. The number of likely N-dealkylation sites (N-methyl/N-ethyl adjacent to an activating group) is 1. The van der Waals surface area contributed by atoms with Crippen LogP contribution in [0.2, 0.25) is 0 Å². The van der Waals surface area contributed by atoms with Gasteiger partial charge in [0.2, 0.25) is 5.91 Å². The fourth-order valence-electron chi connectivity index (χ4n) is 1.06.